The van der Waals surface area contributed by atoms with Crippen molar-refractivity contribution in [2.24, 2.45) is 34.5 Å². The molecule has 0 radical (unpaired) electrons. The standard InChI is InChI=1S/C47H61N3O4/c1-30-41(26-50-29-46(4)24-39(50)23-45(2,3)28-46)53-43(54-42(30)36-11-9-31(27-51)10-12-36)37-15-13-35(14-16-37)40-8-6-5-7-38(40)25-48-44(52)49-47-20-32-17-33(21-47)19-34(18-32)22-47/h5-16,30,32-34,39,41-43,51H,17-29H2,1-4H3,(H2,48,49,52)/t30-,32?,33?,34?,39?,41+,42+,43+,46?,47?/m1/s1. The minimum Gasteiger partial charge on any atom is -0.392 e. The monoisotopic (exact) mass is 731 g/mol. The number of benzene rings is 3. The van der Waals surface area contributed by atoms with Gasteiger partial charge in [0, 0.05) is 42.7 Å². The smallest absolute Gasteiger partial charge is 0.315 e. The molecule has 10 rings (SSSR count). The van der Waals surface area contributed by atoms with Crippen LogP contribution in [0.25, 0.3) is 11.1 Å². The van der Waals surface area contributed by atoms with Gasteiger partial charge in [0.2, 0.25) is 0 Å². The molecule has 288 valence electrons. The van der Waals surface area contributed by atoms with E-state index in [-0.39, 0.29) is 36.3 Å². The van der Waals surface area contributed by atoms with E-state index < -0.39 is 6.29 Å². The first kappa shape index (κ1) is 36.4. The van der Waals surface area contributed by atoms with Crippen molar-refractivity contribution in [2.75, 3.05) is 13.1 Å². The Labute approximate surface area is 322 Å². The van der Waals surface area contributed by atoms with Crippen molar-refractivity contribution in [2.45, 2.75) is 129 Å². The number of aliphatic hydroxyl groups is 1. The van der Waals surface area contributed by atoms with Gasteiger partial charge in [-0.25, -0.2) is 4.79 Å². The summed E-state index contributed by atoms with van der Waals surface area (Å²) in [4.78, 5) is 16.0. The molecular formula is C47H61N3O4. The van der Waals surface area contributed by atoms with Gasteiger partial charge in [0.05, 0.1) is 18.8 Å². The summed E-state index contributed by atoms with van der Waals surface area (Å²) in [6.45, 7) is 12.2. The first-order chi connectivity index (χ1) is 25.9. The highest BCUT2D eigenvalue weighted by Gasteiger charge is 2.52. The van der Waals surface area contributed by atoms with Crippen LogP contribution in [0.1, 0.15) is 120 Å². The van der Waals surface area contributed by atoms with Crippen LogP contribution in [-0.2, 0) is 22.6 Å². The summed E-state index contributed by atoms with van der Waals surface area (Å²) in [5.41, 5.74) is 7.08. The third-order valence-corrected chi connectivity index (χ3v) is 14.4. The van der Waals surface area contributed by atoms with E-state index in [0.29, 0.717) is 23.4 Å². The molecule has 2 unspecified atom stereocenters. The van der Waals surface area contributed by atoms with E-state index >= 15 is 0 Å². The normalized spacial score (nSPS) is 36.6. The zero-order valence-electron chi connectivity index (χ0n) is 32.9. The molecule has 3 N–H and O–H groups in total. The second-order valence-corrected chi connectivity index (χ2v) is 19.7. The first-order valence-electron chi connectivity index (χ1n) is 20.9. The molecule has 7 nitrogen and oxygen atoms in total. The maximum absolute atomic E-state index is 13.3. The molecule has 0 spiro atoms. The second kappa shape index (κ2) is 14.1. The minimum absolute atomic E-state index is 0.00137. The molecule has 3 aromatic carbocycles. The summed E-state index contributed by atoms with van der Waals surface area (Å²) >= 11 is 0. The topological polar surface area (TPSA) is 83.1 Å². The summed E-state index contributed by atoms with van der Waals surface area (Å²) in [6, 6.07) is 25.8. The van der Waals surface area contributed by atoms with E-state index in [1.807, 2.05) is 12.1 Å². The van der Waals surface area contributed by atoms with E-state index in [0.717, 1.165) is 83.5 Å². The highest BCUT2D eigenvalue weighted by Crippen LogP contribution is 2.56. The van der Waals surface area contributed by atoms with E-state index in [9.17, 15) is 9.90 Å². The predicted octanol–water partition coefficient (Wildman–Crippen LogP) is 9.31. The molecular weight excluding hydrogens is 671 g/mol. The third kappa shape index (κ3) is 7.26. The van der Waals surface area contributed by atoms with Crippen molar-refractivity contribution in [3.8, 4) is 11.1 Å². The molecule has 2 aliphatic heterocycles. The maximum Gasteiger partial charge on any atom is 0.315 e. The lowest BCUT2D eigenvalue weighted by molar-refractivity contribution is -0.276. The summed E-state index contributed by atoms with van der Waals surface area (Å²) in [7, 11) is 0. The average molecular weight is 732 g/mol. The lowest BCUT2D eigenvalue weighted by Crippen LogP contribution is -2.61. The number of hydrogen-bond acceptors (Lipinski definition) is 5. The van der Waals surface area contributed by atoms with Gasteiger partial charge in [0.1, 0.15) is 0 Å². The Morgan fingerprint density at radius 2 is 1.50 bits per heavy atom. The van der Waals surface area contributed by atoms with Crippen LogP contribution in [0, 0.1) is 34.5 Å². The molecule has 3 aromatic rings. The van der Waals surface area contributed by atoms with Gasteiger partial charge in [-0.2, -0.15) is 0 Å². The first-order valence-corrected chi connectivity index (χ1v) is 20.9. The highest BCUT2D eigenvalue weighted by molar-refractivity contribution is 5.76. The zero-order chi connectivity index (χ0) is 37.2. The minimum atomic E-state index is -0.498. The molecule has 5 saturated carbocycles. The molecule has 7 aliphatic rings. The number of urea groups is 1. The Morgan fingerprint density at radius 3 is 2.19 bits per heavy atom. The number of fused-ring (bicyclic) bond motifs is 2. The second-order valence-electron chi connectivity index (χ2n) is 19.7. The molecule has 7 fully saturated rings. The van der Waals surface area contributed by atoms with Crippen molar-refractivity contribution in [1.29, 1.82) is 0 Å². The predicted molar refractivity (Wildman–Crippen MR) is 212 cm³/mol. The largest absolute Gasteiger partial charge is 0.392 e. The molecule has 54 heavy (non-hydrogen) atoms. The van der Waals surface area contributed by atoms with Gasteiger partial charge >= 0.3 is 6.03 Å². The van der Waals surface area contributed by atoms with Crippen LogP contribution < -0.4 is 10.6 Å². The van der Waals surface area contributed by atoms with Crippen molar-refractivity contribution >= 4 is 6.03 Å². The third-order valence-electron chi connectivity index (χ3n) is 14.4. The maximum atomic E-state index is 13.3. The van der Waals surface area contributed by atoms with Gasteiger partial charge in [-0.3, -0.25) is 4.90 Å². The van der Waals surface area contributed by atoms with E-state index in [1.165, 1.54) is 38.5 Å². The van der Waals surface area contributed by atoms with Gasteiger partial charge in [0.25, 0.3) is 0 Å². The molecule has 2 amide bonds. The number of nitrogens with one attached hydrogen (secondary N) is 2. The average Bonchev–Trinajstić information content (AvgIpc) is 3.37. The van der Waals surface area contributed by atoms with Crippen LogP contribution in [0.3, 0.4) is 0 Å². The van der Waals surface area contributed by atoms with Crippen LogP contribution in [0.2, 0.25) is 0 Å². The van der Waals surface area contributed by atoms with Crippen molar-refractivity contribution < 1.29 is 19.4 Å². The number of ether oxygens (including phenoxy) is 2. The van der Waals surface area contributed by atoms with E-state index in [1.54, 1.807) is 0 Å². The van der Waals surface area contributed by atoms with Crippen LogP contribution in [0.4, 0.5) is 4.79 Å². The zero-order valence-corrected chi connectivity index (χ0v) is 32.9. The summed E-state index contributed by atoms with van der Waals surface area (Å²) < 4.78 is 13.8. The summed E-state index contributed by atoms with van der Waals surface area (Å²) in [5.74, 6) is 2.54. The van der Waals surface area contributed by atoms with Gasteiger partial charge < -0.3 is 25.2 Å². The molecule has 7 heteroatoms. The Hall–Kier alpha value is -3.23. The summed E-state index contributed by atoms with van der Waals surface area (Å²) in [5, 5.41) is 16.4. The Balaban J connectivity index is 0.908. The fraction of sp³-hybridized carbons (Fsp3) is 0.596. The van der Waals surface area contributed by atoms with E-state index in [4.69, 9.17) is 9.47 Å². The molecule has 0 aromatic heterocycles. The number of nitrogens with zero attached hydrogens (tertiary/aromatic N) is 1. The Morgan fingerprint density at radius 1 is 0.833 bits per heavy atom. The highest BCUT2D eigenvalue weighted by atomic mass is 16.7. The number of hydrogen-bond donors (Lipinski definition) is 3. The number of likely N-dealkylation sites (tertiary alicyclic amines) is 1. The summed E-state index contributed by atoms with van der Waals surface area (Å²) in [6.07, 6.45) is 10.7. The Kier molecular flexibility index (Phi) is 9.48. The van der Waals surface area contributed by atoms with Crippen molar-refractivity contribution in [3.05, 3.63) is 95.1 Å². The number of carbonyl (C=O) groups is 1. The number of carbonyl (C=O) groups excluding carboxylic acids is 1. The number of amides is 2. The van der Waals surface area contributed by atoms with Crippen molar-refractivity contribution in [1.82, 2.24) is 15.5 Å². The number of rotatable bonds is 9. The molecule has 6 bridgehead atoms. The van der Waals surface area contributed by atoms with Crippen molar-refractivity contribution in [3.63, 3.8) is 0 Å². The molecule has 6 atom stereocenters. The van der Waals surface area contributed by atoms with Gasteiger partial charge in [-0.05, 0) is 114 Å². The van der Waals surface area contributed by atoms with Gasteiger partial charge in [-0.1, -0.05) is 100 Å². The van der Waals surface area contributed by atoms with Gasteiger partial charge in [0.15, 0.2) is 6.29 Å². The quantitative estimate of drug-likeness (QED) is 0.204. The fourth-order valence-corrected chi connectivity index (χ4v) is 12.8. The fourth-order valence-electron chi connectivity index (χ4n) is 12.8. The van der Waals surface area contributed by atoms with E-state index in [2.05, 4.69) is 104 Å². The molecule has 2 heterocycles. The Bertz CT molecular complexity index is 1790. The van der Waals surface area contributed by atoms with Crippen LogP contribution in [0.5, 0.6) is 0 Å². The van der Waals surface area contributed by atoms with Crippen LogP contribution >= 0.6 is 0 Å². The SMILES string of the molecule is C[C@@H]1[C@H](CN2CC3(C)CC2CC(C)(C)C3)O[C@H](c2ccc(-c3ccccc3CNC(=O)NC34CC5CC(CC(C5)C3)C4)cc2)O[C@@H]1c1ccc(CO)cc1. The number of aliphatic hydroxyl groups excluding tert-OH is 1. The lowest BCUT2D eigenvalue weighted by Gasteiger charge is -2.56. The van der Waals surface area contributed by atoms with Gasteiger partial charge in [-0.15, -0.1) is 0 Å². The van der Waals surface area contributed by atoms with Crippen LogP contribution in [-0.4, -0.2) is 46.8 Å². The van der Waals surface area contributed by atoms with Crippen LogP contribution in [0.15, 0.2) is 72.8 Å². The molecule has 2 saturated heterocycles. The lowest BCUT2D eigenvalue weighted by atomic mass is 9.53. The molecule has 5 aliphatic carbocycles.